The Hall–Kier alpha value is -2.01. The van der Waals surface area contributed by atoms with Crippen molar-refractivity contribution in [1.29, 1.82) is 0 Å². The number of carbonyl (C=O) groups excluding carboxylic acids is 1. The number of para-hydroxylation sites is 2. The molecule has 25 heavy (non-hydrogen) atoms. The van der Waals surface area contributed by atoms with Gasteiger partial charge in [0.05, 0.1) is 23.0 Å². The fourth-order valence-electron chi connectivity index (χ4n) is 3.11. The van der Waals surface area contributed by atoms with Gasteiger partial charge in [0, 0.05) is 18.7 Å². The van der Waals surface area contributed by atoms with E-state index in [-0.39, 0.29) is 5.91 Å². The van der Waals surface area contributed by atoms with E-state index >= 15 is 0 Å². The summed E-state index contributed by atoms with van der Waals surface area (Å²) in [5.41, 5.74) is 2.54. The van der Waals surface area contributed by atoms with Crippen molar-refractivity contribution in [1.82, 2.24) is 0 Å². The van der Waals surface area contributed by atoms with Crippen LogP contribution in [0.25, 0.3) is 0 Å². The highest BCUT2D eigenvalue weighted by molar-refractivity contribution is 9.10. The Bertz CT molecular complexity index is 755. The quantitative estimate of drug-likeness (QED) is 0.786. The Morgan fingerprint density at radius 3 is 2.60 bits per heavy atom. The zero-order chi connectivity index (χ0) is 17.8. The van der Waals surface area contributed by atoms with Crippen LogP contribution >= 0.6 is 15.9 Å². The van der Waals surface area contributed by atoms with E-state index in [4.69, 9.17) is 4.74 Å². The molecule has 2 aromatic carbocycles. The Balaban J connectivity index is 1.79. The first-order chi connectivity index (χ1) is 12.1. The van der Waals surface area contributed by atoms with Gasteiger partial charge in [0.15, 0.2) is 0 Å². The predicted octanol–water partition coefficient (Wildman–Crippen LogP) is 4.95. The second kappa shape index (κ2) is 7.91. The molecule has 0 radical (unpaired) electrons. The van der Waals surface area contributed by atoms with Crippen molar-refractivity contribution in [3.63, 3.8) is 0 Å². The van der Waals surface area contributed by atoms with Crippen LogP contribution in [0.3, 0.4) is 0 Å². The summed E-state index contributed by atoms with van der Waals surface area (Å²) in [6, 6.07) is 13.3. The summed E-state index contributed by atoms with van der Waals surface area (Å²) in [4.78, 5) is 15.0. The highest BCUT2D eigenvalue weighted by atomic mass is 79.9. The first-order valence-electron chi connectivity index (χ1n) is 8.57. The third-order valence-electron chi connectivity index (χ3n) is 4.69. The largest absolute Gasteiger partial charge is 0.496 e. The van der Waals surface area contributed by atoms with Gasteiger partial charge in [0.1, 0.15) is 5.75 Å². The Kier molecular flexibility index (Phi) is 5.63. The third kappa shape index (κ3) is 4.15. The van der Waals surface area contributed by atoms with Crippen molar-refractivity contribution in [3.05, 3.63) is 52.5 Å². The number of piperidine rings is 1. The Morgan fingerprint density at radius 1 is 1.20 bits per heavy atom. The van der Waals surface area contributed by atoms with Gasteiger partial charge in [-0.3, -0.25) is 4.79 Å². The van der Waals surface area contributed by atoms with Crippen LogP contribution in [-0.2, 0) is 0 Å². The number of halogens is 1. The van der Waals surface area contributed by atoms with Crippen LogP contribution in [-0.4, -0.2) is 26.1 Å². The molecule has 0 aromatic heterocycles. The average molecular weight is 403 g/mol. The Labute approximate surface area is 157 Å². The minimum atomic E-state index is -0.124. The van der Waals surface area contributed by atoms with E-state index < -0.39 is 0 Å². The lowest BCUT2D eigenvalue weighted by Crippen LogP contribution is -2.33. The number of hydrogen-bond acceptors (Lipinski definition) is 3. The second-order valence-corrected chi connectivity index (χ2v) is 7.34. The molecule has 1 heterocycles. The third-order valence-corrected chi connectivity index (χ3v) is 5.31. The highest BCUT2D eigenvalue weighted by Gasteiger charge is 2.19. The zero-order valence-electron chi connectivity index (χ0n) is 14.6. The number of rotatable bonds is 4. The van der Waals surface area contributed by atoms with Crippen LogP contribution in [0.5, 0.6) is 5.75 Å². The minimum absolute atomic E-state index is 0.124. The molecular weight excluding hydrogens is 380 g/mol. The normalized spacial score (nSPS) is 15.1. The molecule has 5 heteroatoms. The van der Waals surface area contributed by atoms with Gasteiger partial charge >= 0.3 is 0 Å². The summed E-state index contributed by atoms with van der Waals surface area (Å²) >= 11 is 3.43. The minimum Gasteiger partial charge on any atom is -0.496 e. The van der Waals surface area contributed by atoms with E-state index in [9.17, 15) is 4.79 Å². The molecule has 0 spiro atoms. The van der Waals surface area contributed by atoms with Gasteiger partial charge in [-0.15, -0.1) is 0 Å². The van der Waals surface area contributed by atoms with E-state index in [1.165, 1.54) is 12.8 Å². The van der Waals surface area contributed by atoms with Crippen LogP contribution in [0.2, 0.25) is 0 Å². The number of hydrogen-bond donors (Lipinski definition) is 1. The number of methoxy groups -OCH3 is 1. The molecule has 132 valence electrons. The molecule has 0 bridgehead atoms. The number of ether oxygens (including phenoxy) is 1. The second-order valence-electron chi connectivity index (χ2n) is 6.49. The number of amides is 1. The number of carbonyl (C=O) groups is 1. The van der Waals surface area contributed by atoms with Gasteiger partial charge in [0.2, 0.25) is 0 Å². The lowest BCUT2D eigenvalue weighted by atomic mass is 9.98. The predicted molar refractivity (Wildman–Crippen MR) is 106 cm³/mol. The lowest BCUT2D eigenvalue weighted by molar-refractivity contribution is 0.102. The summed E-state index contributed by atoms with van der Waals surface area (Å²) < 4.78 is 5.98. The van der Waals surface area contributed by atoms with Gasteiger partial charge in [0.25, 0.3) is 5.91 Å². The molecule has 0 atom stereocenters. The van der Waals surface area contributed by atoms with E-state index in [1.54, 1.807) is 25.3 Å². The van der Waals surface area contributed by atoms with Crippen molar-refractivity contribution < 1.29 is 9.53 Å². The van der Waals surface area contributed by atoms with Gasteiger partial charge in [-0.2, -0.15) is 0 Å². The molecule has 1 fully saturated rings. The van der Waals surface area contributed by atoms with Gasteiger partial charge < -0.3 is 15.0 Å². The number of benzene rings is 2. The van der Waals surface area contributed by atoms with Crippen molar-refractivity contribution in [2.24, 2.45) is 5.92 Å². The summed E-state index contributed by atoms with van der Waals surface area (Å²) in [6.07, 6.45) is 2.38. The fraction of sp³-hybridized carbons (Fsp3) is 0.350. The maximum Gasteiger partial charge on any atom is 0.255 e. The molecule has 1 aliphatic heterocycles. The first-order valence-corrected chi connectivity index (χ1v) is 9.36. The highest BCUT2D eigenvalue weighted by Crippen LogP contribution is 2.31. The van der Waals surface area contributed by atoms with Crippen LogP contribution in [0.4, 0.5) is 11.4 Å². The molecule has 1 saturated heterocycles. The maximum absolute atomic E-state index is 12.7. The average Bonchev–Trinajstić information content (AvgIpc) is 2.63. The van der Waals surface area contributed by atoms with Crippen LogP contribution in [0.1, 0.15) is 30.1 Å². The van der Waals surface area contributed by atoms with E-state index in [2.05, 4.69) is 39.1 Å². The summed E-state index contributed by atoms with van der Waals surface area (Å²) in [5.74, 6) is 1.36. The number of nitrogens with zero attached hydrogens (tertiary/aromatic N) is 1. The summed E-state index contributed by atoms with van der Waals surface area (Å²) in [6.45, 7) is 4.36. The SMILES string of the molecule is COc1ccc(C(=O)Nc2ccccc2N2CCC(C)CC2)cc1Br. The number of anilines is 2. The molecule has 1 aliphatic rings. The molecule has 3 rings (SSSR count). The molecule has 2 aromatic rings. The van der Waals surface area contributed by atoms with Crippen LogP contribution < -0.4 is 15.0 Å². The molecule has 1 amide bonds. The fourth-order valence-corrected chi connectivity index (χ4v) is 3.65. The molecule has 0 unspecified atom stereocenters. The molecule has 0 aliphatic carbocycles. The van der Waals surface area contributed by atoms with Crippen LogP contribution in [0.15, 0.2) is 46.9 Å². The maximum atomic E-state index is 12.7. The van der Waals surface area contributed by atoms with Gasteiger partial charge in [-0.05, 0) is 65.0 Å². The van der Waals surface area contributed by atoms with Crippen LogP contribution in [0, 0.1) is 5.92 Å². The van der Waals surface area contributed by atoms with Crippen molar-refractivity contribution in [3.8, 4) is 5.75 Å². The van der Waals surface area contributed by atoms with Crippen molar-refractivity contribution in [2.75, 3.05) is 30.4 Å². The number of nitrogens with one attached hydrogen (secondary N) is 1. The lowest BCUT2D eigenvalue weighted by Gasteiger charge is -2.33. The topological polar surface area (TPSA) is 41.6 Å². The zero-order valence-corrected chi connectivity index (χ0v) is 16.2. The molecule has 4 nitrogen and oxygen atoms in total. The van der Waals surface area contributed by atoms with E-state index in [0.29, 0.717) is 11.3 Å². The Morgan fingerprint density at radius 2 is 1.92 bits per heavy atom. The molecule has 1 N–H and O–H groups in total. The molecule has 0 saturated carbocycles. The monoisotopic (exact) mass is 402 g/mol. The summed E-state index contributed by atoms with van der Waals surface area (Å²) in [7, 11) is 1.61. The van der Waals surface area contributed by atoms with Gasteiger partial charge in [-0.1, -0.05) is 19.1 Å². The van der Waals surface area contributed by atoms with E-state index in [0.717, 1.165) is 34.9 Å². The smallest absolute Gasteiger partial charge is 0.255 e. The van der Waals surface area contributed by atoms with Gasteiger partial charge in [-0.25, -0.2) is 0 Å². The molecular formula is C20H23BrN2O2. The van der Waals surface area contributed by atoms with E-state index in [1.807, 2.05) is 18.2 Å². The standard InChI is InChI=1S/C20H23BrN2O2/c1-14-9-11-23(12-10-14)18-6-4-3-5-17(18)22-20(24)15-7-8-19(25-2)16(21)13-15/h3-8,13-14H,9-12H2,1-2H3,(H,22,24). The first kappa shape index (κ1) is 17.8. The van der Waals surface area contributed by atoms with Crippen molar-refractivity contribution in [2.45, 2.75) is 19.8 Å². The summed E-state index contributed by atoms with van der Waals surface area (Å²) in [5, 5.41) is 3.06. The van der Waals surface area contributed by atoms with Crippen molar-refractivity contribution >= 4 is 33.2 Å².